The van der Waals surface area contributed by atoms with Gasteiger partial charge >= 0.3 is 0 Å². The van der Waals surface area contributed by atoms with Gasteiger partial charge in [-0.3, -0.25) is 0 Å². The van der Waals surface area contributed by atoms with Crippen LogP contribution in [-0.4, -0.2) is 4.57 Å². The highest BCUT2D eigenvalue weighted by Gasteiger charge is 2.20. The van der Waals surface area contributed by atoms with E-state index in [2.05, 4.69) is 132 Å². The fourth-order valence-electron chi connectivity index (χ4n) is 6.32. The van der Waals surface area contributed by atoms with Gasteiger partial charge in [-0.2, -0.15) is 0 Å². The smallest absolute Gasteiger partial charge is 0.0640 e. The molecule has 39 heavy (non-hydrogen) atoms. The maximum atomic E-state index is 2.49. The molecule has 0 saturated carbocycles. The van der Waals surface area contributed by atoms with E-state index >= 15 is 0 Å². The lowest BCUT2D eigenvalue weighted by molar-refractivity contribution is 1.20. The highest BCUT2D eigenvalue weighted by molar-refractivity contribution is 7.27. The zero-order chi connectivity index (χ0) is 25.5. The average Bonchev–Trinajstić information content (AvgIpc) is 3.67. The summed E-state index contributed by atoms with van der Waals surface area (Å²) in [6.45, 7) is 0. The normalized spacial score (nSPS) is 12.1. The zero-order valence-electron chi connectivity index (χ0n) is 20.9. The quantitative estimate of drug-likeness (QED) is 0.209. The number of hydrogen-bond donors (Lipinski definition) is 0. The molecule has 0 bridgehead atoms. The molecule has 3 aromatic heterocycles. The number of thiophene rings is 2. The van der Waals surface area contributed by atoms with E-state index in [-0.39, 0.29) is 0 Å². The Hall–Kier alpha value is -4.44. The number of aromatic nitrogens is 1. The topological polar surface area (TPSA) is 4.93 Å². The van der Waals surface area contributed by atoms with Crippen molar-refractivity contribution in [2.75, 3.05) is 0 Å². The minimum Gasteiger partial charge on any atom is -0.308 e. The lowest BCUT2D eigenvalue weighted by Gasteiger charge is -2.09. The second-order valence-corrected chi connectivity index (χ2v) is 12.2. The van der Waals surface area contributed by atoms with E-state index in [4.69, 9.17) is 0 Å². The van der Waals surface area contributed by atoms with Crippen molar-refractivity contribution in [3.05, 3.63) is 127 Å². The summed E-state index contributed by atoms with van der Waals surface area (Å²) in [7, 11) is 0. The molecule has 0 fully saturated rings. The Morgan fingerprint density at radius 2 is 1.10 bits per heavy atom. The Kier molecular flexibility index (Phi) is 4.43. The maximum Gasteiger partial charge on any atom is 0.0640 e. The van der Waals surface area contributed by atoms with Crippen molar-refractivity contribution < 1.29 is 0 Å². The molecule has 9 rings (SSSR count). The molecule has 182 valence electrons. The van der Waals surface area contributed by atoms with E-state index < -0.39 is 0 Å². The molecular formula is C36H21NS2. The van der Waals surface area contributed by atoms with Gasteiger partial charge < -0.3 is 4.57 Å². The molecule has 0 aliphatic rings. The number of hydrogen-bond acceptors (Lipinski definition) is 2. The second kappa shape index (κ2) is 8.03. The summed E-state index contributed by atoms with van der Waals surface area (Å²) in [5.41, 5.74) is 6.35. The summed E-state index contributed by atoms with van der Waals surface area (Å²) >= 11 is 3.83. The molecule has 0 unspecified atom stereocenters. The van der Waals surface area contributed by atoms with Gasteiger partial charge in [-0.1, -0.05) is 103 Å². The molecule has 0 amide bonds. The fraction of sp³-hybridized carbons (Fsp3) is 0. The average molecular weight is 532 g/mol. The van der Waals surface area contributed by atoms with E-state index in [1.807, 2.05) is 22.7 Å². The highest BCUT2D eigenvalue weighted by Crippen LogP contribution is 2.47. The van der Waals surface area contributed by atoms with Gasteiger partial charge in [0.1, 0.15) is 0 Å². The molecule has 6 aromatic carbocycles. The van der Waals surface area contributed by atoms with Gasteiger partial charge in [-0.05, 0) is 35.4 Å². The molecule has 0 radical (unpaired) electrons. The Labute approximate surface area is 232 Å². The van der Waals surface area contributed by atoms with Gasteiger partial charge in [0.05, 0.1) is 21.4 Å². The largest absolute Gasteiger partial charge is 0.308 e. The molecule has 9 aromatic rings. The van der Waals surface area contributed by atoms with E-state index in [0.29, 0.717) is 0 Å². The summed E-state index contributed by atoms with van der Waals surface area (Å²) in [5.74, 6) is 0. The first-order valence-electron chi connectivity index (χ1n) is 13.2. The monoisotopic (exact) mass is 531 g/mol. The van der Waals surface area contributed by atoms with Crippen molar-refractivity contribution in [3.8, 4) is 16.8 Å². The molecule has 3 heteroatoms. The van der Waals surface area contributed by atoms with Crippen LogP contribution in [0.5, 0.6) is 0 Å². The Bertz CT molecular complexity index is 2390. The second-order valence-electron chi connectivity index (χ2n) is 10.1. The first kappa shape index (κ1) is 21.5. The predicted octanol–water partition coefficient (Wildman–Crippen LogP) is 11.2. The number of rotatable bonds is 2. The summed E-state index contributed by atoms with van der Waals surface area (Å²) < 4.78 is 7.88. The summed E-state index contributed by atoms with van der Waals surface area (Å²) in [5, 5.41) is 7.99. The van der Waals surface area contributed by atoms with Crippen LogP contribution < -0.4 is 0 Å². The predicted molar refractivity (Wildman–Crippen MR) is 172 cm³/mol. The van der Waals surface area contributed by atoms with Crippen LogP contribution in [0.25, 0.3) is 79.0 Å². The number of para-hydroxylation sites is 1. The Morgan fingerprint density at radius 1 is 0.410 bits per heavy atom. The van der Waals surface area contributed by atoms with Crippen molar-refractivity contribution in [3.63, 3.8) is 0 Å². The van der Waals surface area contributed by atoms with E-state index in [0.717, 1.165) is 0 Å². The molecule has 0 atom stereocenters. The standard InChI is InChI=1S/C36H21NS2/c1-2-10-22(11-3-1)23-14-8-15-26-27-20-21-30-33(36(27)39-34(23)26)28-13-4-6-17-29(28)37(30)31-18-9-16-25-24-12-5-7-19-32(24)38-35(25)31/h1-21H. The zero-order valence-corrected chi connectivity index (χ0v) is 22.5. The van der Waals surface area contributed by atoms with E-state index in [9.17, 15) is 0 Å². The van der Waals surface area contributed by atoms with Crippen molar-refractivity contribution in [2.24, 2.45) is 0 Å². The van der Waals surface area contributed by atoms with Crippen LogP contribution in [0.2, 0.25) is 0 Å². The Balaban J connectivity index is 1.43. The third kappa shape index (κ3) is 2.94. The summed E-state index contributed by atoms with van der Waals surface area (Å²) in [6.07, 6.45) is 0. The van der Waals surface area contributed by atoms with Crippen LogP contribution in [-0.2, 0) is 0 Å². The SMILES string of the molecule is c1ccc(-c2cccc3c2sc2c3ccc3c2c2ccccc2n3-c2cccc3c2sc2ccccc23)cc1. The van der Waals surface area contributed by atoms with Crippen LogP contribution in [0.15, 0.2) is 127 Å². The fourth-order valence-corrected chi connectivity index (χ4v) is 8.92. The molecule has 0 saturated heterocycles. The molecule has 0 spiro atoms. The minimum absolute atomic E-state index is 1.25. The Morgan fingerprint density at radius 3 is 2.00 bits per heavy atom. The van der Waals surface area contributed by atoms with E-state index in [1.165, 1.54) is 79.0 Å². The lowest BCUT2D eigenvalue weighted by Crippen LogP contribution is -1.93. The molecule has 3 heterocycles. The minimum atomic E-state index is 1.25. The van der Waals surface area contributed by atoms with Crippen LogP contribution in [0, 0.1) is 0 Å². The number of nitrogens with zero attached hydrogens (tertiary/aromatic N) is 1. The lowest BCUT2D eigenvalue weighted by atomic mass is 10.0. The van der Waals surface area contributed by atoms with Crippen molar-refractivity contribution in [1.82, 2.24) is 4.57 Å². The van der Waals surface area contributed by atoms with Crippen molar-refractivity contribution in [1.29, 1.82) is 0 Å². The van der Waals surface area contributed by atoms with E-state index in [1.54, 1.807) is 0 Å². The van der Waals surface area contributed by atoms with Gasteiger partial charge in [0.2, 0.25) is 0 Å². The maximum absolute atomic E-state index is 2.49. The van der Waals surface area contributed by atoms with Gasteiger partial charge in [0.15, 0.2) is 0 Å². The number of fused-ring (bicyclic) bond motifs is 10. The van der Waals surface area contributed by atoms with Crippen LogP contribution in [0.4, 0.5) is 0 Å². The van der Waals surface area contributed by atoms with Gasteiger partial charge in [0, 0.05) is 46.4 Å². The first-order chi connectivity index (χ1) is 19.4. The third-order valence-electron chi connectivity index (χ3n) is 8.01. The highest BCUT2D eigenvalue weighted by atomic mass is 32.1. The molecule has 0 N–H and O–H groups in total. The van der Waals surface area contributed by atoms with Crippen molar-refractivity contribution in [2.45, 2.75) is 0 Å². The van der Waals surface area contributed by atoms with Crippen LogP contribution in [0.3, 0.4) is 0 Å². The van der Waals surface area contributed by atoms with Gasteiger partial charge in [0.25, 0.3) is 0 Å². The third-order valence-corrected chi connectivity index (χ3v) is 10.5. The first-order valence-corrected chi connectivity index (χ1v) is 14.8. The molecular weight excluding hydrogens is 511 g/mol. The molecule has 0 aliphatic heterocycles. The summed E-state index contributed by atoms with van der Waals surface area (Å²) in [6, 6.07) is 46.6. The van der Waals surface area contributed by atoms with Gasteiger partial charge in [-0.25, -0.2) is 0 Å². The molecule has 0 aliphatic carbocycles. The van der Waals surface area contributed by atoms with Crippen LogP contribution in [0.1, 0.15) is 0 Å². The number of benzene rings is 6. The van der Waals surface area contributed by atoms with Gasteiger partial charge in [-0.15, -0.1) is 22.7 Å². The summed E-state index contributed by atoms with van der Waals surface area (Å²) in [4.78, 5) is 0. The molecule has 1 nitrogen and oxygen atoms in total. The van der Waals surface area contributed by atoms with Crippen molar-refractivity contribution >= 4 is 84.8 Å². The van der Waals surface area contributed by atoms with Crippen LogP contribution >= 0.6 is 22.7 Å².